The molecule has 0 bridgehead atoms. The lowest BCUT2D eigenvalue weighted by Gasteiger charge is -2.07. The fraction of sp³-hybridized carbons (Fsp3) is 0.0588. The van der Waals surface area contributed by atoms with Gasteiger partial charge in [0, 0.05) is 23.0 Å². The molecule has 0 aliphatic rings. The third-order valence-corrected chi connectivity index (χ3v) is 3.25. The van der Waals surface area contributed by atoms with E-state index in [-0.39, 0.29) is 0 Å². The summed E-state index contributed by atoms with van der Waals surface area (Å²) in [7, 11) is 0. The number of nitrogen functional groups attached to an aromatic ring is 1. The molecule has 0 aliphatic carbocycles. The minimum Gasteiger partial charge on any atom is -0.399 e. The molecule has 3 heteroatoms. The number of rotatable bonds is 2. The number of aromatic nitrogens is 2. The Hall–Kier alpha value is -2.68. The first-order chi connectivity index (χ1) is 9.74. The van der Waals surface area contributed by atoms with Crippen molar-refractivity contribution < 1.29 is 0 Å². The maximum atomic E-state index is 5.70. The molecule has 0 radical (unpaired) electrons. The Labute approximate surface area is 118 Å². The third kappa shape index (κ3) is 2.38. The number of hydrogen-bond acceptors (Lipinski definition) is 3. The van der Waals surface area contributed by atoms with Gasteiger partial charge in [-0.1, -0.05) is 24.3 Å². The van der Waals surface area contributed by atoms with E-state index >= 15 is 0 Å². The van der Waals surface area contributed by atoms with Crippen molar-refractivity contribution in [2.24, 2.45) is 0 Å². The number of nitrogens with two attached hydrogens (primary N) is 1. The molecule has 0 saturated heterocycles. The number of benzene rings is 2. The molecule has 0 unspecified atom stereocenters. The Morgan fingerprint density at radius 1 is 0.900 bits per heavy atom. The van der Waals surface area contributed by atoms with Crippen LogP contribution in [0.2, 0.25) is 0 Å². The van der Waals surface area contributed by atoms with Crippen LogP contribution in [0.4, 0.5) is 5.69 Å². The first kappa shape index (κ1) is 12.4. The van der Waals surface area contributed by atoms with Crippen LogP contribution >= 0.6 is 0 Å². The molecule has 1 heterocycles. The molecule has 20 heavy (non-hydrogen) atoms. The monoisotopic (exact) mass is 261 g/mol. The zero-order valence-corrected chi connectivity index (χ0v) is 11.2. The van der Waals surface area contributed by atoms with Crippen molar-refractivity contribution in [1.82, 2.24) is 9.97 Å². The molecule has 3 nitrogen and oxygen atoms in total. The predicted molar refractivity (Wildman–Crippen MR) is 82.1 cm³/mol. The summed E-state index contributed by atoms with van der Waals surface area (Å²) in [6.07, 6.45) is 1.79. The van der Waals surface area contributed by atoms with Gasteiger partial charge in [0.1, 0.15) is 0 Å². The number of nitrogens with zero attached hydrogens (tertiary/aromatic N) is 2. The van der Waals surface area contributed by atoms with E-state index in [9.17, 15) is 0 Å². The highest BCUT2D eigenvalue weighted by atomic mass is 14.9. The summed E-state index contributed by atoms with van der Waals surface area (Å²) >= 11 is 0. The van der Waals surface area contributed by atoms with Crippen molar-refractivity contribution in [3.63, 3.8) is 0 Å². The second-order valence-electron chi connectivity index (χ2n) is 4.70. The molecular formula is C17H15N3. The molecule has 0 aliphatic heterocycles. The predicted octanol–water partition coefficient (Wildman–Crippen LogP) is 3.70. The summed E-state index contributed by atoms with van der Waals surface area (Å²) < 4.78 is 0. The second-order valence-corrected chi connectivity index (χ2v) is 4.70. The molecule has 0 atom stereocenters. The Balaban J connectivity index is 2.06. The highest BCUT2D eigenvalue weighted by Crippen LogP contribution is 2.23. The lowest BCUT2D eigenvalue weighted by molar-refractivity contribution is 1.18. The smallest absolute Gasteiger partial charge is 0.159 e. The third-order valence-electron chi connectivity index (χ3n) is 3.25. The minimum atomic E-state index is 0.714. The topological polar surface area (TPSA) is 51.8 Å². The molecule has 3 aromatic rings. The maximum absolute atomic E-state index is 5.70. The van der Waals surface area contributed by atoms with Gasteiger partial charge in [-0.3, -0.25) is 0 Å². The van der Waals surface area contributed by atoms with Crippen molar-refractivity contribution >= 4 is 5.69 Å². The van der Waals surface area contributed by atoms with E-state index in [0.29, 0.717) is 5.82 Å². The Kier molecular flexibility index (Phi) is 3.17. The van der Waals surface area contributed by atoms with Gasteiger partial charge >= 0.3 is 0 Å². The van der Waals surface area contributed by atoms with Crippen LogP contribution in [0.25, 0.3) is 22.6 Å². The van der Waals surface area contributed by atoms with Crippen molar-refractivity contribution in [1.29, 1.82) is 0 Å². The summed E-state index contributed by atoms with van der Waals surface area (Å²) in [6.45, 7) is 2.08. The van der Waals surface area contributed by atoms with E-state index in [0.717, 1.165) is 22.5 Å². The van der Waals surface area contributed by atoms with Gasteiger partial charge in [0.15, 0.2) is 5.82 Å². The van der Waals surface area contributed by atoms with Crippen LogP contribution in [-0.4, -0.2) is 9.97 Å². The summed E-state index contributed by atoms with van der Waals surface area (Å²) in [4.78, 5) is 8.99. The van der Waals surface area contributed by atoms with Gasteiger partial charge < -0.3 is 5.73 Å². The van der Waals surface area contributed by atoms with Crippen molar-refractivity contribution in [3.05, 3.63) is 66.4 Å². The van der Waals surface area contributed by atoms with E-state index in [1.54, 1.807) is 6.20 Å². The standard InChI is InChI=1S/C17H15N3/c1-12-4-2-3-5-15(12)16-10-11-19-17(20-16)13-6-8-14(18)9-7-13/h2-11H,18H2,1H3. The van der Waals surface area contributed by atoms with Crippen LogP contribution in [0, 0.1) is 6.92 Å². The molecule has 0 spiro atoms. The fourth-order valence-corrected chi connectivity index (χ4v) is 2.14. The van der Waals surface area contributed by atoms with Gasteiger partial charge in [-0.05, 0) is 42.8 Å². The first-order valence-electron chi connectivity index (χ1n) is 6.49. The summed E-state index contributed by atoms with van der Waals surface area (Å²) in [5, 5.41) is 0. The molecule has 2 N–H and O–H groups in total. The van der Waals surface area contributed by atoms with E-state index in [1.165, 1.54) is 5.56 Å². The summed E-state index contributed by atoms with van der Waals surface area (Å²) in [5.74, 6) is 0.714. The van der Waals surface area contributed by atoms with Gasteiger partial charge in [-0.2, -0.15) is 0 Å². The van der Waals surface area contributed by atoms with Gasteiger partial charge in [0.25, 0.3) is 0 Å². The zero-order valence-electron chi connectivity index (χ0n) is 11.2. The van der Waals surface area contributed by atoms with Crippen LogP contribution < -0.4 is 5.73 Å². The quantitative estimate of drug-likeness (QED) is 0.715. The first-order valence-corrected chi connectivity index (χ1v) is 6.49. The molecule has 3 rings (SSSR count). The zero-order chi connectivity index (χ0) is 13.9. The highest BCUT2D eigenvalue weighted by molar-refractivity contribution is 5.66. The fourth-order valence-electron chi connectivity index (χ4n) is 2.14. The van der Waals surface area contributed by atoms with Gasteiger partial charge in [0.05, 0.1) is 5.69 Å². The SMILES string of the molecule is Cc1ccccc1-c1ccnc(-c2ccc(N)cc2)n1. The largest absolute Gasteiger partial charge is 0.399 e. The Bertz CT molecular complexity index is 733. The van der Waals surface area contributed by atoms with Crippen molar-refractivity contribution in [3.8, 4) is 22.6 Å². The van der Waals surface area contributed by atoms with Gasteiger partial charge in [-0.15, -0.1) is 0 Å². The number of hydrogen-bond donors (Lipinski definition) is 1. The molecule has 98 valence electrons. The Morgan fingerprint density at radius 3 is 2.40 bits per heavy atom. The average molecular weight is 261 g/mol. The highest BCUT2D eigenvalue weighted by Gasteiger charge is 2.06. The van der Waals surface area contributed by atoms with Crippen LogP contribution in [0.3, 0.4) is 0 Å². The van der Waals surface area contributed by atoms with E-state index in [4.69, 9.17) is 5.73 Å². The lowest BCUT2D eigenvalue weighted by atomic mass is 10.1. The molecule has 0 fully saturated rings. The molecule has 2 aromatic carbocycles. The molecule has 0 saturated carbocycles. The number of aryl methyl sites for hydroxylation is 1. The summed E-state index contributed by atoms with van der Waals surface area (Å²) in [6, 6.07) is 17.7. The average Bonchev–Trinajstić information content (AvgIpc) is 2.49. The molecule has 0 amide bonds. The summed E-state index contributed by atoms with van der Waals surface area (Å²) in [5.41, 5.74) is 10.7. The Morgan fingerprint density at radius 2 is 1.65 bits per heavy atom. The maximum Gasteiger partial charge on any atom is 0.159 e. The minimum absolute atomic E-state index is 0.714. The van der Waals surface area contributed by atoms with Crippen molar-refractivity contribution in [2.75, 3.05) is 5.73 Å². The number of anilines is 1. The van der Waals surface area contributed by atoms with Crippen molar-refractivity contribution in [2.45, 2.75) is 6.92 Å². The van der Waals surface area contributed by atoms with E-state index < -0.39 is 0 Å². The molecular weight excluding hydrogens is 246 g/mol. The van der Waals surface area contributed by atoms with Crippen LogP contribution in [0.15, 0.2) is 60.8 Å². The normalized spacial score (nSPS) is 10.4. The second kappa shape index (κ2) is 5.13. The van der Waals surface area contributed by atoms with E-state index in [1.807, 2.05) is 42.5 Å². The van der Waals surface area contributed by atoms with Crippen LogP contribution in [-0.2, 0) is 0 Å². The van der Waals surface area contributed by atoms with E-state index in [2.05, 4.69) is 29.0 Å². The van der Waals surface area contributed by atoms with Crippen LogP contribution in [0.5, 0.6) is 0 Å². The van der Waals surface area contributed by atoms with Crippen LogP contribution in [0.1, 0.15) is 5.56 Å². The molecule has 1 aromatic heterocycles. The van der Waals surface area contributed by atoms with Gasteiger partial charge in [0.2, 0.25) is 0 Å². The lowest BCUT2D eigenvalue weighted by Crippen LogP contribution is -1.93. The van der Waals surface area contributed by atoms with Gasteiger partial charge in [-0.25, -0.2) is 9.97 Å².